The molecule has 0 aromatic rings. The van der Waals surface area contributed by atoms with E-state index in [1.165, 1.54) is 0 Å². The summed E-state index contributed by atoms with van der Waals surface area (Å²) in [5, 5.41) is 13.1. The highest BCUT2D eigenvalue weighted by Crippen LogP contribution is 2.57. The second-order valence-corrected chi connectivity index (χ2v) is 12.3. The molecule has 7 atom stereocenters. The third-order valence-electron chi connectivity index (χ3n) is 7.11. The second-order valence-electron chi connectivity index (χ2n) is 9.90. The van der Waals surface area contributed by atoms with Crippen molar-refractivity contribution in [3.05, 3.63) is 12.2 Å². The molecule has 2 unspecified atom stereocenters. The number of allylic oxidation sites excluding steroid dienone is 2. The zero-order valence-corrected chi connectivity index (χ0v) is 22.6. The number of likely N-dealkylation sites (N-methyl/N-ethyl adjacent to an activating group) is 1. The predicted octanol–water partition coefficient (Wildman–Crippen LogP) is 1.18. The molecule has 34 heavy (non-hydrogen) atoms. The Morgan fingerprint density at radius 1 is 1.26 bits per heavy atom. The molecule has 9 nitrogen and oxygen atoms in total. The van der Waals surface area contributed by atoms with E-state index in [-0.39, 0.29) is 35.9 Å². The summed E-state index contributed by atoms with van der Waals surface area (Å²) in [6, 6.07) is -0.626. The van der Waals surface area contributed by atoms with Gasteiger partial charge in [-0.2, -0.15) is 0 Å². The molecule has 2 fully saturated rings. The SMILES string of the molecule is CN[C@@H](CCCCC/C=C\[C@@H]1C[C@]1(CC(=O)[C@@H]1C(C)[C@@H](O)CN1P)C(=O)NS(C)(=O)=O)C(C)=O. The first-order valence-electron chi connectivity index (χ1n) is 11.9. The second kappa shape index (κ2) is 12.2. The quantitative estimate of drug-likeness (QED) is 0.178. The molecule has 1 aliphatic carbocycles. The number of hydrogen-bond donors (Lipinski definition) is 3. The van der Waals surface area contributed by atoms with Crippen LogP contribution in [0.2, 0.25) is 0 Å². The third-order valence-corrected chi connectivity index (χ3v) is 8.20. The molecule has 3 N–H and O–H groups in total. The zero-order valence-electron chi connectivity index (χ0n) is 20.6. The Bertz CT molecular complexity index is 895. The van der Waals surface area contributed by atoms with Crippen LogP contribution >= 0.6 is 9.39 Å². The van der Waals surface area contributed by atoms with Gasteiger partial charge in [-0.1, -0.05) is 41.3 Å². The van der Waals surface area contributed by atoms with Gasteiger partial charge in [0.15, 0.2) is 5.78 Å². The molecule has 0 spiro atoms. The van der Waals surface area contributed by atoms with E-state index in [1.54, 1.807) is 25.6 Å². The molecule has 1 saturated heterocycles. The van der Waals surface area contributed by atoms with Gasteiger partial charge in [-0.05, 0) is 45.6 Å². The van der Waals surface area contributed by atoms with Crippen LogP contribution in [0.3, 0.4) is 0 Å². The van der Waals surface area contributed by atoms with E-state index in [4.69, 9.17) is 0 Å². The molecule has 2 rings (SSSR count). The number of nitrogens with zero attached hydrogens (tertiary/aromatic N) is 1. The maximum absolute atomic E-state index is 13.1. The highest BCUT2D eigenvalue weighted by molar-refractivity contribution is 7.89. The van der Waals surface area contributed by atoms with Crippen molar-refractivity contribution in [1.82, 2.24) is 14.7 Å². The molecule has 194 valence electrons. The van der Waals surface area contributed by atoms with Crippen LogP contribution in [-0.2, 0) is 24.4 Å². The fourth-order valence-electron chi connectivity index (χ4n) is 4.90. The van der Waals surface area contributed by atoms with E-state index < -0.39 is 33.5 Å². The number of carbonyl (C=O) groups excluding carboxylic acids is 3. The number of hydrogen-bond acceptors (Lipinski definition) is 8. The third kappa shape index (κ3) is 7.65. The van der Waals surface area contributed by atoms with E-state index in [0.29, 0.717) is 13.0 Å². The van der Waals surface area contributed by atoms with Gasteiger partial charge in [0.25, 0.3) is 0 Å². The first-order chi connectivity index (χ1) is 15.8. The smallest absolute Gasteiger partial charge is 0.240 e. The lowest BCUT2D eigenvalue weighted by molar-refractivity contribution is -0.131. The Hall–Kier alpha value is -1.19. The van der Waals surface area contributed by atoms with Crippen LogP contribution in [0, 0.1) is 17.3 Å². The summed E-state index contributed by atoms with van der Waals surface area (Å²) < 4.78 is 27.1. The number of β-amino-alcohol motifs (C(OH)–C–C–N with tert-alkyl or cyclic N) is 1. The van der Waals surface area contributed by atoms with Crippen molar-refractivity contribution in [2.75, 3.05) is 19.8 Å². The van der Waals surface area contributed by atoms with Gasteiger partial charge < -0.3 is 10.4 Å². The van der Waals surface area contributed by atoms with Crippen molar-refractivity contribution < 1.29 is 27.9 Å². The van der Waals surface area contributed by atoms with E-state index in [0.717, 1.165) is 38.4 Å². The van der Waals surface area contributed by atoms with Gasteiger partial charge in [0.2, 0.25) is 15.9 Å². The molecule has 11 heteroatoms. The van der Waals surface area contributed by atoms with Crippen molar-refractivity contribution in [2.24, 2.45) is 17.3 Å². The molecule has 1 amide bonds. The zero-order chi connectivity index (χ0) is 25.7. The van der Waals surface area contributed by atoms with Crippen molar-refractivity contribution in [2.45, 2.75) is 77.0 Å². The van der Waals surface area contributed by atoms with E-state index in [9.17, 15) is 27.9 Å². The van der Waals surface area contributed by atoms with Crippen molar-refractivity contribution in [1.29, 1.82) is 0 Å². The number of rotatable bonds is 14. The maximum atomic E-state index is 13.1. The lowest BCUT2D eigenvalue weighted by atomic mass is 9.88. The number of nitrogens with one attached hydrogen (secondary N) is 2. The summed E-state index contributed by atoms with van der Waals surface area (Å²) in [6.45, 7) is 3.75. The van der Waals surface area contributed by atoms with Crippen LogP contribution in [0.25, 0.3) is 0 Å². The fraction of sp³-hybridized carbons (Fsp3) is 0.783. The van der Waals surface area contributed by atoms with E-state index >= 15 is 0 Å². The van der Waals surface area contributed by atoms with Crippen LogP contribution in [0.5, 0.6) is 0 Å². The molecule has 0 bridgehead atoms. The minimum Gasteiger partial charge on any atom is -0.391 e. The van der Waals surface area contributed by atoms with Gasteiger partial charge in [-0.25, -0.2) is 8.42 Å². The molecule has 1 heterocycles. The van der Waals surface area contributed by atoms with Crippen LogP contribution in [0.4, 0.5) is 0 Å². The van der Waals surface area contributed by atoms with Gasteiger partial charge in [-0.15, -0.1) is 0 Å². The Kier molecular flexibility index (Phi) is 10.4. The lowest BCUT2D eigenvalue weighted by Crippen LogP contribution is -2.41. The van der Waals surface area contributed by atoms with E-state index in [1.807, 2.05) is 12.2 Å². The summed E-state index contributed by atoms with van der Waals surface area (Å²) in [5.41, 5.74) is -1.07. The Morgan fingerprint density at radius 3 is 2.47 bits per heavy atom. The van der Waals surface area contributed by atoms with Crippen LogP contribution in [0.1, 0.15) is 58.8 Å². The summed E-state index contributed by atoms with van der Waals surface area (Å²) in [7, 11) is 0.506. The molecular formula is C23H40N3O6PS. The number of unbranched alkanes of at least 4 members (excludes halogenated alkanes) is 3. The van der Waals surface area contributed by atoms with Gasteiger partial charge in [0.05, 0.1) is 29.9 Å². The number of amides is 1. The number of aliphatic hydroxyl groups is 1. The largest absolute Gasteiger partial charge is 0.391 e. The van der Waals surface area contributed by atoms with Gasteiger partial charge >= 0.3 is 0 Å². The van der Waals surface area contributed by atoms with E-state index in [2.05, 4.69) is 19.4 Å². The normalized spacial score (nSPS) is 30.4. The average Bonchev–Trinajstić information content (AvgIpc) is 3.34. The molecule has 2 aliphatic rings. The topological polar surface area (TPSA) is 133 Å². The molecular weight excluding hydrogens is 477 g/mol. The van der Waals surface area contributed by atoms with Gasteiger partial charge in [0, 0.05) is 18.9 Å². The standard InChI is InChI=1S/C23H40N3O6PS/c1-15-20(29)14-26(33)21(15)19(28)13-23(22(30)25-34(4,31)32)12-17(23)10-8-6-5-7-9-11-18(24-3)16(2)27/h8,10,15,17-18,20-21,24,29H,5-7,9,11-14,33H2,1-4H3,(H,25,30)/b10-8-/t15?,17-,18+,20+,21+,23-/m1/s1. The number of Topliss-reactive ketones (excluding diaryl/α,β-unsaturated/α-hetero) is 2. The molecule has 0 aromatic heterocycles. The number of sulfonamides is 1. The first-order valence-corrected chi connectivity index (χ1v) is 14.3. The summed E-state index contributed by atoms with van der Waals surface area (Å²) in [6.07, 6.45) is 9.05. The highest BCUT2D eigenvalue weighted by Gasteiger charge is 2.61. The Balaban J connectivity index is 1.95. The fourth-order valence-corrected chi connectivity index (χ4v) is 6.09. The van der Waals surface area contributed by atoms with Gasteiger partial charge in [0.1, 0.15) is 5.78 Å². The summed E-state index contributed by atoms with van der Waals surface area (Å²) in [5.74, 6) is -1.13. The molecule has 0 aromatic carbocycles. The Morgan fingerprint density at radius 2 is 1.94 bits per heavy atom. The maximum Gasteiger partial charge on any atom is 0.240 e. The molecule has 1 aliphatic heterocycles. The number of carbonyl (C=O) groups is 3. The average molecular weight is 518 g/mol. The van der Waals surface area contributed by atoms with Crippen LogP contribution < -0.4 is 10.0 Å². The Labute approximate surface area is 205 Å². The summed E-state index contributed by atoms with van der Waals surface area (Å²) in [4.78, 5) is 37.4. The lowest BCUT2D eigenvalue weighted by Gasteiger charge is -2.24. The monoisotopic (exact) mass is 517 g/mol. The van der Waals surface area contributed by atoms with Gasteiger partial charge in [-0.3, -0.25) is 23.8 Å². The van der Waals surface area contributed by atoms with Crippen molar-refractivity contribution in [3.63, 3.8) is 0 Å². The number of ketones is 2. The molecule has 0 radical (unpaired) electrons. The summed E-state index contributed by atoms with van der Waals surface area (Å²) >= 11 is 0. The number of aliphatic hydroxyl groups excluding tert-OH is 1. The predicted molar refractivity (Wildman–Crippen MR) is 134 cm³/mol. The highest BCUT2D eigenvalue weighted by atomic mass is 32.2. The van der Waals surface area contributed by atoms with Crippen molar-refractivity contribution >= 4 is 36.9 Å². The first kappa shape index (κ1) is 29.0. The van der Waals surface area contributed by atoms with Crippen LogP contribution in [0.15, 0.2) is 12.2 Å². The minimum absolute atomic E-state index is 0.0631. The van der Waals surface area contributed by atoms with Crippen LogP contribution in [-0.4, -0.2) is 73.7 Å². The molecule has 1 saturated carbocycles. The minimum atomic E-state index is -3.74. The van der Waals surface area contributed by atoms with Crippen molar-refractivity contribution in [3.8, 4) is 0 Å².